The van der Waals surface area contributed by atoms with E-state index in [-0.39, 0.29) is 17.4 Å². The first kappa shape index (κ1) is 22.0. The Balaban J connectivity index is 1.46. The van der Waals surface area contributed by atoms with Crippen molar-refractivity contribution in [1.29, 1.82) is 0 Å². The van der Waals surface area contributed by atoms with Gasteiger partial charge in [-0.2, -0.15) is 0 Å². The highest BCUT2D eigenvalue weighted by Crippen LogP contribution is 2.25. The monoisotopic (exact) mass is 410 g/mol. The molecule has 1 amide bonds. The Kier molecular flexibility index (Phi) is 6.91. The molecule has 162 valence electrons. The lowest BCUT2D eigenvalue weighted by atomic mass is 9.87. The summed E-state index contributed by atoms with van der Waals surface area (Å²) in [5.74, 6) is 1.53. The minimum atomic E-state index is -0.523. The summed E-state index contributed by atoms with van der Waals surface area (Å²) in [7, 11) is 1.68. The number of hydrogen-bond donors (Lipinski definition) is 1. The van der Waals surface area contributed by atoms with Crippen molar-refractivity contribution in [2.75, 3.05) is 25.1 Å². The number of piperidine rings is 1. The first-order valence-corrected chi connectivity index (χ1v) is 10.7. The van der Waals surface area contributed by atoms with Crippen LogP contribution in [0.1, 0.15) is 46.1 Å². The summed E-state index contributed by atoms with van der Waals surface area (Å²) in [6.45, 7) is 10.2. The molecule has 2 aromatic rings. The Bertz CT molecular complexity index is 817. The molecule has 0 aromatic heterocycles. The van der Waals surface area contributed by atoms with Crippen LogP contribution in [0, 0.1) is 0 Å². The van der Waals surface area contributed by atoms with Crippen LogP contribution < -0.4 is 19.7 Å². The van der Waals surface area contributed by atoms with Crippen LogP contribution in [0.2, 0.25) is 0 Å². The van der Waals surface area contributed by atoms with Gasteiger partial charge in [-0.05, 0) is 67.1 Å². The average Bonchev–Trinajstić information content (AvgIpc) is 2.74. The van der Waals surface area contributed by atoms with E-state index >= 15 is 0 Å². The molecule has 0 radical (unpaired) electrons. The first-order chi connectivity index (χ1) is 14.3. The zero-order valence-electron chi connectivity index (χ0n) is 18.8. The van der Waals surface area contributed by atoms with Crippen LogP contribution in [-0.2, 0) is 10.2 Å². The summed E-state index contributed by atoms with van der Waals surface area (Å²) >= 11 is 0. The molecule has 5 heteroatoms. The fourth-order valence-corrected chi connectivity index (χ4v) is 3.68. The minimum Gasteiger partial charge on any atom is -0.497 e. The van der Waals surface area contributed by atoms with Gasteiger partial charge in [0.2, 0.25) is 0 Å². The van der Waals surface area contributed by atoms with Gasteiger partial charge in [-0.3, -0.25) is 4.79 Å². The van der Waals surface area contributed by atoms with Gasteiger partial charge >= 0.3 is 0 Å². The van der Waals surface area contributed by atoms with E-state index in [9.17, 15) is 4.79 Å². The van der Waals surface area contributed by atoms with Gasteiger partial charge in [0, 0.05) is 24.8 Å². The van der Waals surface area contributed by atoms with Crippen molar-refractivity contribution in [3.05, 3.63) is 54.1 Å². The molecule has 1 aliphatic heterocycles. The highest BCUT2D eigenvalue weighted by molar-refractivity contribution is 5.81. The third kappa shape index (κ3) is 5.68. The number of benzene rings is 2. The van der Waals surface area contributed by atoms with Crippen molar-refractivity contribution < 1.29 is 14.3 Å². The Morgan fingerprint density at radius 2 is 1.57 bits per heavy atom. The van der Waals surface area contributed by atoms with Crippen molar-refractivity contribution >= 4 is 11.6 Å². The Morgan fingerprint density at radius 1 is 1.00 bits per heavy atom. The lowest BCUT2D eigenvalue weighted by Gasteiger charge is -2.34. The van der Waals surface area contributed by atoms with Crippen molar-refractivity contribution in [2.45, 2.75) is 58.1 Å². The smallest absolute Gasteiger partial charge is 0.260 e. The molecule has 30 heavy (non-hydrogen) atoms. The minimum absolute atomic E-state index is 0.0576. The maximum Gasteiger partial charge on any atom is 0.260 e. The molecule has 1 unspecified atom stereocenters. The molecule has 1 N–H and O–H groups in total. The van der Waals surface area contributed by atoms with E-state index in [1.165, 1.54) is 11.3 Å². The maximum absolute atomic E-state index is 12.6. The number of ether oxygens (including phenoxy) is 2. The number of methoxy groups -OCH3 is 1. The van der Waals surface area contributed by atoms with E-state index in [0.29, 0.717) is 0 Å². The predicted molar refractivity (Wildman–Crippen MR) is 122 cm³/mol. The molecule has 1 saturated heterocycles. The lowest BCUT2D eigenvalue weighted by Crippen LogP contribution is -2.48. The van der Waals surface area contributed by atoms with E-state index in [1.807, 2.05) is 24.3 Å². The largest absolute Gasteiger partial charge is 0.497 e. The maximum atomic E-state index is 12.6. The van der Waals surface area contributed by atoms with Gasteiger partial charge in [-0.1, -0.05) is 32.9 Å². The molecule has 1 atom stereocenters. The number of rotatable bonds is 6. The van der Waals surface area contributed by atoms with Crippen LogP contribution in [0.4, 0.5) is 5.69 Å². The van der Waals surface area contributed by atoms with Crippen molar-refractivity contribution in [3.63, 3.8) is 0 Å². The van der Waals surface area contributed by atoms with E-state index < -0.39 is 6.10 Å². The van der Waals surface area contributed by atoms with E-state index in [0.717, 1.165) is 37.4 Å². The quantitative estimate of drug-likeness (QED) is 0.759. The Morgan fingerprint density at radius 3 is 2.10 bits per heavy atom. The average molecular weight is 411 g/mol. The molecule has 2 aromatic carbocycles. The van der Waals surface area contributed by atoms with E-state index in [2.05, 4.69) is 55.3 Å². The summed E-state index contributed by atoms with van der Waals surface area (Å²) in [5.41, 5.74) is 2.54. The SMILES string of the molecule is COc1ccc(N2CCC(NC(=O)C(C)Oc3ccc(C(C)(C)C)cc3)CC2)cc1. The number of hydrogen-bond acceptors (Lipinski definition) is 4. The highest BCUT2D eigenvalue weighted by atomic mass is 16.5. The van der Waals surface area contributed by atoms with Crippen LogP contribution in [0.15, 0.2) is 48.5 Å². The van der Waals surface area contributed by atoms with Gasteiger partial charge in [0.25, 0.3) is 5.91 Å². The highest BCUT2D eigenvalue weighted by Gasteiger charge is 2.24. The zero-order chi connectivity index (χ0) is 21.7. The number of carbonyl (C=O) groups is 1. The third-order valence-electron chi connectivity index (χ3n) is 5.68. The van der Waals surface area contributed by atoms with E-state index in [1.54, 1.807) is 14.0 Å². The van der Waals surface area contributed by atoms with Crippen LogP contribution in [0.3, 0.4) is 0 Å². The predicted octanol–water partition coefficient (Wildman–Crippen LogP) is 4.55. The van der Waals surface area contributed by atoms with Gasteiger partial charge in [0.15, 0.2) is 6.10 Å². The Hall–Kier alpha value is -2.69. The molecule has 1 heterocycles. The van der Waals surface area contributed by atoms with Crippen LogP contribution >= 0.6 is 0 Å². The number of anilines is 1. The van der Waals surface area contributed by atoms with Crippen LogP contribution in [0.5, 0.6) is 11.5 Å². The zero-order valence-corrected chi connectivity index (χ0v) is 18.8. The molecule has 0 saturated carbocycles. The molecule has 0 aliphatic carbocycles. The van der Waals surface area contributed by atoms with Crippen LogP contribution in [0.25, 0.3) is 0 Å². The van der Waals surface area contributed by atoms with Gasteiger partial charge in [-0.25, -0.2) is 0 Å². The molecule has 5 nitrogen and oxygen atoms in total. The number of nitrogens with one attached hydrogen (secondary N) is 1. The molecule has 0 bridgehead atoms. The first-order valence-electron chi connectivity index (χ1n) is 10.7. The molecule has 0 spiro atoms. The second-order valence-electron chi connectivity index (χ2n) is 9.00. The third-order valence-corrected chi connectivity index (χ3v) is 5.68. The fraction of sp³-hybridized carbons (Fsp3) is 0.480. The topological polar surface area (TPSA) is 50.8 Å². The molecular formula is C25H34N2O3. The Labute approximate surface area is 180 Å². The summed E-state index contributed by atoms with van der Waals surface area (Å²) < 4.78 is 11.1. The van der Waals surface area contributed by atoms with Crippen LogP contribution in [-0.4, -0.2) is 38.3 Å². The molecule has 1 aliphatic rings. The van der Waals surface area contributed by atoms with Crippen molar-refractivity contribution in [2.24, 2.45) is 0 Å². The summed E-state index contributed by atoms with van der Waals surface area (Å²) in [5, 5.41) is 3.15. The number of amides is 1. The lowest BCUT2D eigenvalue weighted by molar-refractivity contribution is -0.128. The molecular weight excluding hydrogens is 376 g/mol. The molecule has 3 rings (SSSR count). The van der Waals surface area contributed by atoms with Gasteiger partial charge in [0.1, 0.15) is 11.5 Å². The normalized spacial score (nSPS) is 16.1. The number of nitrogens with zero attached hydrogens (tertiary/aromatic N) is 1. The van der Waals surface area contributed by atoms with Gasteiger partial charge < -0.3 is 19.7 Å². The second kappa shape index (κ2) is 9.41. The summed E-state index contributed by atoms with van der Waals surface area (Å²) in [6.07, 6.45) is 1.32. The second-order valence-corrected chi connectivity index (χ2v) is 9.00. The van der Waals surface area contributed by atoms with Crippen molar-refractivity contribution in [1.82, 2.24) is 5.32 Å². The molecule has 1 fully saturated rings. The van der Waals surface area contributed by atoms with Gasteiger partial charge in [-0.15, -0.1) is 0 Å². The summed E-state index contributed by atoms with van der Waals surface area (Å²) in [6, 6.07) is 16.3. The number of carbonyl (C=O) groups excluding carboxylic acids is 1. The van der Waals surface area contributed by atoms with Crippen molar-refractivity contribution in [3.8, 4) is 11.5 Å². The standard InChI is InChI=1S/C25H34N2O3/c1-18(30-23-10-6-19(7-11-23)25(2,3)4)24(28)26-20-14-16-27(17-15-20)21-8-12-22(29-5)13-9-21/h6-13,18,20H,14-17H2,1-5H3,(H,26,28). The van der Waals surface area contributed by atoms with E-state index in [4.69, 9.17) is 9.47 Å². The summed E-state index contributed by atoms with van der Waals surface area (Å²) in [4.78, 5) is 14.9. The van der Waals surface area contributed by atoms with Gasteiger partial charge in [0.05, 0.1) is 7.11 Å². The fourth-order valence-electron chi connectivity index (χ4n) is 3.68.